The maximum absolute atomic E-state index is 4.31. The summed E-state index contributed by atoms with van der Waals surface area (Å²) < 4.78 is 1.98. The van der Waals surface area contributed by atoms with Crippen LogP contribution >= 0.6 is 0 Å². The van der Waals surface area contributed by atoms with E-state index in [1.54, 1.807) is 0 Å². The van der Waals surface area contributed by atoms with Crippen molar-refractivity contribution in [3.63, 3.8) is 0 Å². The average molecular weight is 306 g/mol. The van der Waals surface area contributed by atoms with E-state index in [1.165, 1.54) is 5.56 Å². The van der Waals surface area contributed by atoms with Crippen LogP contribution in [0.5, 0.6) is 0 Å². The van der Waals surface area contributed by atoms with Gasteiger partial charge in [0.2, 0.25) is 0 Å². The van der Waals surface area contributed by atoms with Crippen LogP contribution in [0, 0.1) is 0 Å². The second kappa shape index (κ2) is 7.70. The SMILES string of the molecule is C=CCCCN(Cc1ccccc1)Cn1nnc2ccccc21. The molecule has 0 saturated heterocycles. The van der Waals surface area contributed by atoms with Crippen molar-refractivity contribution in [1.82, 2.24) is 19.9 Å². The van der Waals surface area contributed by atoms with Crippen molar-refractivity contribution in [2.45, 2.75) is 26.1 Å². The first-order chi connectivity index (χ1) is 11.4. The molecule has 3 rings (SSSR count). The summed E-state index contributed by atoms with van der Waals surface area (Å²) in [7, 11) is 0. The first kappa shape index (κ1) is 15.4. The molecule has 2 aromatic carbocycles. The van der Waals surface area contributed by atoms with E-state index in [9.17, 15) is 0 Å². The van der Waals surface area contributed by atoms with Crippen LogP contribution in [0.25, 0.3) is 11.0 Å². The number of benzene rings is 2. The van der Waals surface area contributed by atoms with E-state index in [0.29, 0.717) is 0 Å². The van der Waals surface area contributed by atoms with Crippen molar-refractivity contribution < 1.29 is 0 Å². The third-order valence-corrected chi connectivity index (χ3v) is 3.89. The number of allylic oxidation sites excluding steroid dienone is 1. The summed E-state index contributed by atoms with van der Waals surface area (Å²) in [6.07, 6.45) is 4.11. The molecule has 0 aliphatic heterocycles. The number of para-hydroxylation sites is 1. The number of aromatic nitrogens is 3. The predicted molar refractivity (Wildman–Crippen MR) is 93.8 cm³/mol. The van der Waals surface area contributed by atoms with Gasteiger partial charge in [-0.3, -0.25) is 4.90 Å². The maximum Gasteiger partial charge on any atom is 0.113 e. The zero-order valence-corrected chi connectivity index (χ0v) is 13.3. The van der Waals surface area contributed by atoms with Gasteiger partial charge >= 0.3 is 0 Å². The van der Waals surface area contributed by atoms with Gasteiger partial charge in [0.25, 0.3) is 0 Å². The fourth-order valence-electron chi connectivity index (χ4n) is 2.71. The van der Waals surface area contributed by atoms with Crippen molar-refractivity contribution in [3.05, 3.63) is 72.8 Å². The zero-order chi connectivity index (χ0) is 15.9. The topological polar surface area (TPSA) is 34.0 Å². The van der Waals surface area contributed by atoms with Crippen molar-refractivity contribution >= 4 is 11.0 Å². The highest BCUT2D eigenvalue weighted by Gasteiger charge is 2.10. The first-order valence-electron chi connectivity index (χ1n) is 8.02. The minimum absolute atomic E-state index is 0.743. The van der Waals surface area contributed by atoms with E-state index in [0.717, 1.165) is 43.6 Å². The first-order valence-corrected chi connectivity index (χ1v) is 8.02. The summed E-state index contributed by atoms with van der Waals surface area (Å²) in [6, 6.07) is 18.6. The molecule has 0 bridgehead atoms. The van der Waals surface area contributed by atoms with Crippen molar-refractivity contribution in [2.75, 3.05) is 6.54 Å². The summed E-state index contributed by atoms with van der Waals surface area (Å²) in [5, 5.41) is 8.56. The average Bonchev–Trinajstić information content (AvgIpc) is 2.99. The zero-order valence-electron chi connectivity index (χ0n) is 13.3. The van der Waals surface area contributed by atoms with E-state index < -0.39 is 0 Å². The van der Waals surface area contributed by atoms with Gasteiger partial charge in [-0.15, -0.1) is 11.7 Å². The predicted octanol–water partition coefficient (Wildman–Crippen LogP) is 3.86. The second-order valence-corrected chi connectivity index (χ2v) is 5.69. The van der Waals surface area contributed by atoms with Crippen LogP contribution in [0.4, 0.5) is 0 Å². The van der Waals surface area contributed by atoms with Crippen LogP contribution < -0.4 is 0 Å². The molecule has 0 spiro atoms. The van der Waals surface area contributed by atoms with Crippen LogP contribution in [-0.4, -0.2) is 26.4 Å². The van der Waals surface area contributed by atoms with Crippen LogP contribution in [0.2, 0.25) is 0 Å². The molecule has 0 N–H and O–H groups in total. The molecule has 1 heterocycles. The minimum Gasteiger partial charge on any atom is -0.280 e. The second-order valence-electron chi connectivity index (χ2n) is 5.69. The van der Waals surface area contributed by atoms with E-state index in [-0.39, 0.29) is 0 Å². The molecule has 0 unspecified atom stereocenters. The van der Waals surface area contributed by atoms with E-state index in [1.807, 2.05) is 29.0 Å². The van der Waals surface area contributed by atoms with Crippen molar-refractivity contribution in [3.8, 4) is 0 Å². The van der Waals surface area contributed by atoms with E-state index >= 15 is 0 Å². The number of hydrogen-bond donors (Lipinski definition) is 0. The molecule has 4 nitrogen and oxygen atoms in total. The molecule has 4 heteroatoms. The third-order valence-electron chi connectivity index (χ3n) is 3.89. The Labute approximate surface area is 137 Å². The monoisotopic (exact) mass is 306 g/mol. The van der Waals surface area contributed by atoms with Crippen LogP contribution in [-0.2, 0) is 13.2 Å². The number of rotatable bonds is 8. The molecular formula is C19H22N4. The lowest BCUT2D eigenvalue weighted by Crippen LogP contribution is -2.27. The number of fused-ring (bicyclic) bond motifs is 1. The molecular weight excluding hydrogens is 284 g/mol. The lowest BCUT2D eigenvalue weighted by atomic mass is 10.2. The molecule has 0 aliphatic carbocycles. The maximum atomic E-state index is 4.31. The fraction of sp³-hybridized carbons (Fsp3) is 0.263. The highest BCUT2D eigenvalue weighted by atomic mass is 15.5. The Morgan fingerprint density at radius 3 is 2.65 bits per heavy atom. The van der Waals surface area contributed by atoms with Gasteiger partial charge in [0.1, 0.15) is 5.52 Å². The molecule has 0 fully saturated rings. The summed E-state index contributed by atoms with van der Waals surface area (Å²) in [6.45, 7) is 6.47. The Balaban J connectivity index is 1.75. The molecule has 1 aromatic heterocycles. The van der Waals surface area contributed by atoms with Crippen molar-refractivity contribution in [1.29, 1.82) is 0 Å². The van der Waals surface area contributed by atoms with Gasteiger partial charge in [-0.05, 0) is 30.5 Å². The number of hydrogen-bond acceptors (Lipinski definition) is 3. The molecule has 23 heavy (non-hydrogen) atoms. The summed E-state index contributed by atoms with van der Waals surface area (Å²) >= 11 is 0. The molecule has 0 aliphatic rings. The smallest absolute Gasteiger partial charge is 0.113 e. The van der Waals surface area contributed by atoms with Gasteiger partial charge in [0, 0.05) is 13.1 Å². The van der Waals surface area contributed by atoms with Crippen molar-refractivity contribution in [2.24, 2.45) is 0 Å². The van der Waals surface area contributed by atoms with Gasteiger partial charge < -0.3 is 0 Å². The Hall–Kier alpha value is -2.46. The number of unbranched alkanes of at least 4 members (excludes halogenated alkanes) is 1. The number of nitrogens with zero attached hydrogens (tertiary/aromatic N) is 4. The van der Waals surface area contributed by atoms with Crippen LogP contribution in [0.15, 0.2) is 67.3 Å². The van der Waals surface area contributed by atoms with E-state index in [2.05, 4.69) is 58.2 Å². The van der Waals surface area contributed by atoms with E-state index in [4.69, 9.17) is 0 Å². The Bertz CT molecular complexity index is 748. The molecule has 118 valence electrons. The van der Waals surface area contributed by atoms with Crippen LogP contribution in [0.1, 0.15) is 18.4 Å². The Morgan fingerprint density at radius 1 is 1.04 bits per heavy atom. The van der Waals surface area contributed by atoms with Crippen LogP contribution in [0.3, 0.4) is 0 Å². The molecule has 0 amide bonds. The standard InChI is InChI=1S/C19H22N4/c1-2-3-9-14-22(15-17-10-5-4-6-11-17)16-23-19-13-8-7-12-18(19)20-21-23/h2,4-8,10-13H,1,3,9,14-16H2. The quantitative estimate of drug-likeness (QED) is 0.468. The minimum atomic E-state index is 0.743. The normalized spacial score (nSPS) is 11.2. The Morgan fingerprint density at radius 2 is 1.83 bits per heavy atom. The van der Waals surface area contributed by atoms with Gasteiger partial charge in [-0.25, -0.2) is 4.68 Å². The summed E-state index contributed by atoms with van der Waals surface area (Å²) in [5.74, 6) is 0. The molecule has 0 saturated carbocycles. The molecule has 3 aromatic rings. The summed E-state index contributed by atoms with van der Waals surface area (Å²) in [4.78, 5) is 2.40. The fourth-order valence-corrected chi connectivity index (χ4v) is 2.71. The van der Waals surface area contributed by atoms with Gasteiger partial charge in [0.15, 0.2) is 0 Å². The molecule has 0 atom stereocenters. The van der Waals surface area contributed by atoms with Gasteiger partial charge in [-0.2, -0.15) is 0 Å². The molecule has 0 radical (unpaired) electrons. The van der Waals surface area contributed by atoms with Gasteiger partial charge in [-0.1, -0.05) is 53.8 Å². The third kappa shape index (κ3) is 4.05. The largest absolute Gasteiger partial charge is 0.280 e. The van der Waals surface area contributed by atoms with Gasteiger partial charge in [0.05, 0.1) is 12.2 Å². The highest BCUT2D eigenvalue weighted by molar-refractivity contribution is 5.73. The summed E-state index contributed by atoms with van der Waals surface area (Å²) in [5.41, 5.74) is 3.34. The highest BCUT2D eigenvalue weighted by Crippen LogP contribution is 2.13. The lowest BCUT2D eigenvalue weighted by molar-refractivity contribution is 0.198. The Kier molecular flexibility index (Phi) is 5.17. The lowest BCUT2D eigenvalue weighted by Gasteiger charge is -2.22.